The highest BCUT2D eigenvalue weighted by atomic mass is 32.1. The second-order valence-electron chi connectivity index (χ2n) is 4.13. The normalized spacial score (nSPS) is 26.5. The van der Waals surface area contributed by atoms with E-state index >= 15 is 0 Å². The van der Waals surface area contributed by atoms with Crippen LogP contribution in [0.15, 0.2) is 17.1 Å². The number of aromatic nitrogens is 2. The second kappa shape index (κ2) is 3.90. The fourth-order valence-corrected chi connectivity index (χ4v) is 2.33. The predicted molar refractivity (Wildman–Crippen MR) is 59.6 cm³/mol. The smallest absolute Gasteiger partial charge is 0.251 e. The Morgan fingerprint density at radius 2 is 2.47 bits per heavy atom. The zero-order chi connectivity index (χ0) is 10.9. The maximum absolute atomic E-state index is 11.1. The van der Waals surface area contributed by atoms with E-state index < -0.39 is 0 Å². The molecule has 5 heteroatoms. The zero-order valence-electron chi connectivity index (χ0n) is 8.66. The number of ether oxygens (including phenoxy) is 1. The zero-order valence-corrected chi connectivity index (χ0v) is 9.47. The van der Waals surface area contributed by atoms with Crippen molar-refractivity contribution in [3.8, 4) is 0 Å². The van der Waals surface area contributed by atoms with Crippen molar-refractivity contribution in [3.05, 3.63) is 27.4 Å². The van der Waals surface area contributed by atoms with Gasteiger partial charge in [-0.15, -0.1) is 0 Å². The van der Waals surface area contributed by atoms with Crippen molar-refractivity contribution in [1.29, 1.82) is 0 Å². The number of nitrogens with zero attached hydrogens (tertiary/aromatic N) is 1. The molecule has 2 rings (SSSR count). The Balaban J connectivity index is 2.43. The quantitative estimate of drug-likeness (QED) is 0.737. The Kier molecular flexibility index (Phi) is 2.75. The van der Waals surface area contributed by atoms with Crippen LogP contribution in [0.25, 0.3) is 0 Å². The maximum atomic E-state index is 11.1. The molecule has 0 amide bonds. The minimum atomic E-state index is -0.156. The summed E-state index contributed by atoms with van der Waals surface area (Å²) in [5, 5.41) is 0. The van der Waals surface area contributed by atoms with Crippen molar-refractivity contribution in [1.82, 2.24) is 9.55 Å². The van der Waals surface area contributed by atoms with Crippen LogP contribution in [0.1, 0.15) is 19.8 Å². The van der Waals surface area contributed by atoms with Crippen molar-refractivity contribution in [3.63, 3.8) is 0 Å². The molecule has 15 heavy (non-hydrogen) atoms. The topological polar surface area (TPSA) is 47.0 Å². The fourth-order valence-electron chi connectivity index (χ4n) is 1.95. The van der Waals surface area contributed by atoms with E-state index in [-0.39, 0.29) is 11.1 Å². The van der Waals surface area contributed by atoms with Crippen molar-refractivity contribution >= 4 is 12.2 Å². The Labute approximate surface area is 92.9 Å². The highest BCUT2D eigenvalue weighted by Gasteiger charge is 2.29. The lowest BCUT2D eigenvalue weighted by Gasteiger charge is -2.35. The molecule has 1 aliphatic rings. The number of nitrogens with one attached hydrogen (secondary N) is 1. The lowest BCUT2D eigenvalue weighted by molar-refractivity contribution is 0.00806. The molecule has 1 atom stereocenters. The molecule has 1 aromatic rings. The molecular formula is C10H14N2O2S. The SMILES string of the molecule is CC1(n2ccc(=O)[nH]c2=S)CCCOC1. The van der Waals surface area contributed by atoms with E-state index in [9.17, 15) is 4.79 Å². The third-order valence-electron chi connectivity index (χ3n) is 2.82. The molecule has 1 aliphatic heterocycles. The van der Waals surface area contributed by atoms with Gasteiger partial charge in [-0.3, -0.25) is 9.78 Å². The first-order valence-corrected chi connectivity index (χ1v) is 5.43. The molecule has 4 nitrogen and oxygen atoms in total. The van der Waals surface area contributed by atoms with Gasteiger partial charge in [-0.2, -0.15) is 0 Å². The van der Waals surface area contributed by atoms with Crippen LogP contribution >= 0.6 is 12.2 Å². The molecule has 1 aromatic heterocycles. The van der Waals surface area contributed by atoms with Crippen LogP contribution < -0.4 is 5.56 Å². The van der Waals surface area contributed by atoms with Crippen molar-refractivity contribution in [2.24, 2.45) is 0 Å². The van der Waals surface area contributed by atoms with Gasteiger partial charge in [0.25, 0.3) is 5.56 Å². The lowest BCUT2D eigenvalue weighted by Crippen LogP contribution is -2.40. The first-order chi connectivity index (χ1) is 7.12. The number of rotatable bonds is 1. The van der Waals surface area contributed by atoms with Crippen LogP contribution in [0.5, 0.6) is 0 Å². The molecule has 1 fully saturated rings. The van der Waals surface area contributed by atoms with Gasteiger partial charge in [-0.1, -0.05) is 0 Å². The first kappa shape index (κ1) is 10.6. The van der Waals surface area contributed by atoms with Gasteiger partial charge in [0, 0.05) is 18.9 Å². The van der Waals surface area contributed by atoms with Crippen LogP contribution in [0.4, 0.5) is 0 Å². The minimum absolute atomic E-state index is 0.125. The second-order valence-corrected chi connectivity index (χ2v) is 4.52. The molecule has 82 valence electrons. The average Bonchev–Trinajstić information content (AvgIpc) is 2.18. The molecule has 0 spiro atoms. The Hall–Kier alpha value is -0.940. The number of hydrogen-bond donors (Lipinski definition) is 1. The minimum Gasteiger partial charge on any atom is -0.379 e. The summed E-state index contributed by atoms with van der Waals surface area (Å²) in [6, 6.07) is 1.50. The molecule has 0 aromatic carbocycles. The fraction of sp³-hybridized carbons (Fsp3) is 0.600. The number of H-pyrrole nitrogens is 1. The summed E-state index contributed by atoms with van der Waals surface area (Å²) in [4.78, 5) is 13.7. The van der Waals surface area contributed by atoms with Crippen LogP contribution in [-0.4, -0.2) is 22.8 Å². The van der Waals surface area contributed by atoms with Crippen molar-refractivity contribution in [2.75, 3.05) is 13.2 Å². The van der Waals surface area contributed by atoms with Crippen molar-refractivity contribution < 1.29 is 4.74 Å². The summed E-state index contributed by atoms with van der Waals surface area (Å²) < 4.78 is 7.85. The first-order valence-electron chi connectivity index (χ1n) is 5.02. The largest absolute Gasteiger partial charge is 0.379 e. The van der Waals surface area contributed by atoms with Gasteiger partial charge in [0.05, 0.1) is 12.1 Å². The van der Waals surface area contributed by atoms with Gasteiger partial charge < -0.3 is 9.30 Å². The monoisotopic (exact) mass is 226 g/mol. The predicted octanol–water partition coefficient (Wildman–Crippen LogP) is 1.43. The van der Waals surface area contributed by atoms with E-state index in [4.69, 9.17) is 17.0 Å². The van der Waals surface area contributed by atoms with Gasteiger partial charge in [-0.05, 0) is 32.0 Å². The van der Waals surface area contributed by atoms with E-state index in [0.29, 0.717) is 11.4 Å². The standard InChI is InChI=1S/C10H14N2O2S/c1-10(4-2-6-14-7-10)12-5-3-8(13)11-9(12)15/h3,5H,2,4,6-7H2,1H3,(H,11,13,15). The lowest BCUT2D eigenvalue weighted by atomic mass is 9.95. The van der Waals surface area contributed by atoms with E-state index in [1.807, 2.05) is 4.57 Å². The number of aromatic amines is 1. The van der Waals surface area contributed by atoms with E-state index in [1.165, 1.54) is 6.07 Å². The van der Waals surface area contributed by atoms with E-state index in [2.05, 4.69) is 11.9 Å². The van der Waals surface area contributed by atoms with Gasteiger partial charge >= 0.3 is 0 Å². The summed E-state index contributed by atoms with van der Waals surface area (Å²) >= 11 is 5.14. The Morgan fingerprint density at radius 3 is 3.07 bits per heavy atom. The molecule has 0 saturated carbocycles. The molecule has 1 saturated heterocycles. The molecular weight excluding hydrogens is 212 g/mol. The van der Waals surface area contributed by atoms with Crippen molar-refractivity contribution in [2.45, 2.75) is 25.3 Å². The van der Waals surface area contributed by atoms with Gasteiger partial charge in [0.2, 0.25) is 0 Å². The van der Waals surface area contributed by atoms with Crippen LogP contribution in [0, 0.1) is 4.77 Å². The summed E-state index contributed by atoms with van der Waals surface area (Å²) in [6.07, 6.45) is 3.79. The molecule has 0 bridgehead atoms. The molecule has 1 unspecified atom stereocenters. The van der Waals surface area contributed by atoms with Crippen LogP contribution in [0.2, 0.25) is 0 Å². The van der Waals surface area contributed by atoms with Crippen LogP contribution in [-0.2, 0) is 10.3 Å². The highest BCUT2D eigenvalue weighted by Crippen LogP contribution is 2.26. The third-order valence-corrected chi connectivity index (χ3v) is 3.12. The molecule has 0 aliphatic carbocycles. The molecule has 1 N–H and O–H groups in total. The van der Waals surface area contributed by atoms with E-state index in [0.717, 1.165) is 19.4 Å². The van der Waals surface area contributed by atoms with E-state index in [1.54, 1.807) is 6.20 Å². The maximum Gasteiger partial charge on any atom is 0.251 e. The Morgan fingerprint density at radius 1 is 1.67 bits per heavy atom. The Bertz CT molecular complexity index is 457. The van der Waals surface area contributed by atoms with Gasteiger partial charge in [0.15, 0.2) is 4.77 Å². The highest BCUT2D eigenvalue weighted by molar-refractivity contribution is 7.71. The van der Waals surface area contributed by atoms with Gasteiger partial charge in [-0.25, -0.2) is 0 Å². The summed E-state index contributed by atoms with van der Waals surface area (Å²) in [5.41, 5.74) is -0.281. The third kappa shape index (κ3) is 2.03. The molecule has 0 radical (unpaired) electrons. The van der Waals surface area contributed by atoms with Crippen LogP contribution in [0.3, 0.4) is 0 Å². The molecule has 2 heterocycles. The summed E-state index contributed by atoms with van der Waals surface area (Å²) in [5.74, 6) is 0. The number of hydrogen-bond acceptors (Lipinski definition) is 3. The van der Waals surface area contributed by atoms with Gasteiger partial charge in [0.1, 0.15) is 0 Å². The average molecular weight is 226 g/mol. The summed E-state index contributed by atoms with van der Waals surface area (Å²) in [7, 11) is 0. The summed E-state index contributed by atoms with van der Waals surface area (Å²) in [6.45, 7) is 3.56.